The molecule has 0 N–H and O–H groups in total. The summed E-state index contributed by atoms with van der Waals surface area (Å²) in [5.41, 5.74) is -0.0301. The molecule has 4 heteroatoms. The Balaban J connectivity index is 0. The summed E-state index contributed by atoms with van der Waals surface area (Å²) in [6.45, 7) is 0. The van der Waals surface area contributed by atoms with Crippen LogP contribution in [0.5, 0.6) is 0 Å². The van der Waals surface area contributed by atoms with Crippen molar-refractivity contribution in [3.63, 3.8) is 0 Å². The normalized spacial score (nSPS) is 6.91. The predicted molar refractivity (Wildman–Crippen MR) is 30.0 cm³/mol. The Morgan fingerprint density at radius 3 is 2.55 bits per heavy atom. The number of benzene rings is 1. The molecular weight excluding hydrogens is 309 g/mol. The maximum Gasteiger partial charge on any atom is 2.00 e. The number of nitriles is 1. The summed E-state index contributed by atoms with van der Waals surface area (Å²) in [5, 5.41) is 8.20. The molecule has 0 radical (unpaired) electrons. The van der Waals surface area contributed by atoms with Crippen LogP contribution in [0.25, 0.3) is 0 Å². The van der Waals surface area contributed by atoms with Gasteiger partial charge in [0.25, 0.3) is 0 Å². The molecular formula is C7H3FINZn. The Bertz CT molecular complexity index is 259. The van der Waals surface area contributed by atoms with Gasteiger partial charge >= 0.3 is 19.5 Å². The molecule has 0 aliphatic carbocycles. The molecule has 0 aromatic heterocycles. The molecule has 0 aliphatic heterocycles. The van der Waals surface area contributed by atoms with Crippen LogP contribution in [0.2, 0.25) is 0 Å². The van der Waals surface area contributed by atoms with Crippen molar-refractivity contribution in [2.24, 2.45) is 0 Å². The Labute approximate surface area is 94.4 Å². The molecule has 0 aliphatic rings. The number of rotatable bonds is 0. The second kappa shape index (κ2) is 6.69. The van der Waals surface area contributed by atoms with E-state index in [0.717, 1.165) is 0 Å². The molecule has 1 nitrogen and oxygen atoms in total. The Morgan fingerprint density at radius 2 is 2.18 bits per heavy atom. The van der Waals surface area contributed by atoms with Crippen LogP contribution in [0.4, 0.5) is 4.39 Å². The summed E-state index contributed by atoms with van der Waals surface area (Å²) in [6, 6.07) is 8.34. The second-order valence-corrected chi connectivity index (χ2v) is 1.50. The third-order valence-electron chi connectivity index (χ3n) is 0.917. The monoisotopic (exact) mass is 311 g/mol. The van der Waals surface area contributed by atoms with Crippen molar-refractivity contribution in [1.82, 2.24) is 0 Å². The molecule has 0 bridgehead atoms. The molecule has 0 fully saturated rings. The minimum Gasteiger partial charge on any atom is -1.00 e. The van der Waals surface area contributed by atoms with Gasteiger partial charge in [0.2, 0.25) is 0 Å². The van der Waals surface area contributed by atoms with Crippen LogP contribution in [-0.4, -0.2) is 0 Å². The summed E-state index contributed by atoms with van der Waals surface area (Å²) in [4.78, 5) is 0. The molecule has 1 aromatic rings. The molecule has 1 rings (SSSR count). The van der Waals surface area contributed by atoms with Gasteiger partial charge in [-0.3, -0.25) is 9.65 Å². The van der Waals surface area contributed by atoms with Crippen LogP contribution in [0, 0.1) is 23.2 Å². The fraction of sp³-hybridized carbons (Fsp3) is 0. The number of nitrogens with zero attached hydrogens (tertiary/aromatic N) is 1. The van der Waals surface area contributed by atoms with Crippen LogP contribution in [0.1, 0.15) is 5.56 Å². The number of hydrogen-bond donors (Lipinski definition) is 0. The van der Waals surface area contributed by atoms with Gasteiger partial charge in [0.05, 0.1) is 0 Å². The Hall–Kier alpha value is -0.00662. The quantitative estimate of drug-likeness (QED) is 0.325. The van der Waals surface area contributed by atoms with Crippen molar-refractivity contribution >= 4 is 0 Å². The fourth-order valence-electron chi connectivity index (χ4n) is 0.502. The van der Waals surface area contributed by atoms with Crippen molar-refractivity contribution < 1.29 is 47.8 Å². The average molecular weight is 312 g/mol. The summed E-state index contributed by atoms with van der Waals surface area (Å²) in [7, 11) is 0. The minimum atomic E-state index is -0.514. The minimum absolute atomic E-state index is 0. The third kappa shape index (κ3) is 3.78. The predicted octanol–water partition coefficient (Wildman–Crippen LogP) is -1.50. The van der Waals surface area contributed by atoms with Gasteiger partial charge in [0.15, 0.2) is 0 Å². The van der Waals surface area contributed by atoms with E-state index in [1.165, 1.54) is 18.2 Å². The SMILES string of the molecule is N#Cc1[c-]cccc1F.[I-].[Zn+2]. The largest absolute Gasteiger partial charge is 2.00 e. The molecule has 0 atom stereocenters. The molecule has 0 saturated heterocycles. The zero-order chi connectivity index (χ0) is 6.69. The topological polar surface area (TPSA) is 23.8 Å². The van der Waals surface area contributed by atoms with E-state index in [9.17, 15) is 4.39 Å². The van der Waals surface area contributed by atoms with E-state index in [0.29, 0.717) is 0 Å². The van der Waals surface area contributed by atoms with E-state index < -0.39 is 5.82 Å². The van der Waals surface area contributed by atoms with E-state index >= 15 is 0 Å². The number of halogens is 2. The molecule has 0 unspecified atom stereocenters. The molecule has 11 heavy (non-hydrogen) atoms. The van der Waals surface area contributed by atoms with Crippen LogP contribution >= 0.6 is 0 Å². The van der Waals surface area contributed by atoms with E-state index in [2.05, 4.69) is 6.07 Å². The molecule has 0 saturated carbocycles. The van der Waals surface area contributed by atoms with Crippen molar-refractivity contribution in [3.05, 3.63) is 35.6 Å². The van der Waals surface area contributed by atoms with Gasteiger partial charge in [-0.15, -0.1) is 24.3 Å². The average Bonchev–Trinajstić information content (AvgIpc) is 1.89. The summed E-state index contributed by atoms with van der Waals surface area (Å²) in [5.74, 6) is -0.514. The molecule has 0 heterocycles. The van der Waals surface area contributed by atoms with Crippen LogP contribution in [-0.2, 0) is 19.5 Å². The first-order chi connectivity index (χ1) is 4.34. The van der Waals surface area contributed by atoms with E-state index in [4.69, 9.17) is 5.26 Å². The van der Waals surface area contributed by atoms with Crippen LogP contribution < -0.4 is 24.0 Å². The van der Waals surface area contributed by atoms with Crippen molar-refractivity contribution in [1.29, 1.82) is 5.26 Å². The van der Waals surface area contributed by atoms with Gasteiger partial charge in [-0.25, -0.2) is 0 Å². The Kier molecular flexibility index (Phi) is 8.25. The van der Waals surface area contributed by atoms with Gasteiger partial charge in [-0.1, -0.05) is 0 Å². The first-order valence-electron chi connectivity index (χ1n) is 2.41. The van der Waals surface area contributed by atoms with Gasteiger partial charge in [-0.05, 0) is 11.6 Å². The fourth-order valence-corrected chi connectivity index (χ4v) is 0.502. The smallest absolute Gasteiger partial charge is 1.00 e. The number of hydrogen-bond acceptors (Lipinski definition) is 1. The van der Waals surface area contributed by atoms with Gasteiger partial charge in [0.1, 0.15) is 0 Å². The standard InChI is InChI=1S/C7H3FN.HI.Zn/c8-7-4-2-1-3-6(7)5-9;;/h1-2,4H;1H;/q-1;;+2/p-1. The first-order valence-corrected chi connectivity index (χ1v) is 2.41. The summed E-state index contributed by atoms with van der Waals surface area (Å²) < 4.78 is 12.3. The molecule has 1 aromatic carbocycles. The van der Waals surface area contributed by atoms with Crippen molar-refractivity contribution in [2.45, 2.75) is 0 Å². The van der Waals surface area contributed by atoms with E-state index in [1.807, 2.05) is 0 Å². The molecule has 52 valence electrons. The molecule has 0 spiro atoms. The molecule has 0 amide bonds. The van der Waals surface area contributed by atoms with Crippen LogP contribution in [0.3, 0.4) is 0 Å². The maximum atomic E-state index is 12.3. The summed E-state index contributed by atoms with van der Waals surface area (Å²) >= 11 is 0. The van der Waals surface area contributed by atoms with Gasteiger partial charge in [-0.2, -0.15) is 0 Å². The van der Waals surface area contributed by atoms with Crippen molar-refractivity contribution in [3.8, 4) is 6.07 Å². The third-order valence-corrected chi connectivity index (χ3v) is 0.917. The van der Waals surface area contributed by atoms with Gasteiger partial charge < -0.3 is 24.0 Å². The van der Waals surface area contributed by atoms with Crippen molar-refractivity contribution in [2.75, 3.05) is 0 Å². The second-order valence-electron chi connectivity index (χ2n) is 1.50. The van der Waals surface area contributed by atoms with Gasteiger partial charge in [0, 0.05) is 5.82 Å². The summed E-state index contributed by atoms with van der Waals surface area (Å²) in [6.07, 6.45) is 0. The van der Waals surface area contributed by atoms with E-state index in [-0.39, 0.29) is 49.0 Å². The zero-order valence-electron chi connectivity index (χ0n) is 5.64. The van der Waals surface area contributed by atoms with E-state index in [1.54, 1.807) is 6.07 Å². The maximum absolute atomic E-state index is 12.3. The zero-order valence-corrected chi connectivity index (χ0v) is 10.8. The Morgan fingerprint density at radius 1 is 1.55 bits per heavy atom. The van der Waals surface area contributed by atoms with Crippen LogP contribution in [0.15, 0.2) is 18.2 Å². The first kappa shape index (κ1) is 13.6.